The zero-order valence-electron chi connectivity index (χ0n) is 19.9. The Morgan fingerprint density at radius 1 is 0.972 bits per heavy atom. The Morgan fingerprint density at radius 3 is 2.44 bits per heavy atom. The minimum absolute atomic E-state index is 0.148. The highest BCUT2D eigenvalue weighted by atomic mass is 35.5. The Labute approximate surface area is 219 Å². The van der Waals surface area contributed by atoms with Crippen LogP contribution in [0.2, 0.25) is 10.0 Å². The topological polar surface area (TPSA) is 75.5 Å². The van der Waals surface area contributed by atoms with E-state index >= 15 is 0 Å². The Morgan fingerprint density at radius 2 is 1.72 bits per heavy atom. The van der Waals surface area contributed by atoms with Crippen LogP contribution in [0.15, 0.2) is 84.1 Å². The second kappa shape index (κ2) is 11.4. The van der Waals surface area contributed by atoms with Gasteiger partial charge < -0.3 is 9.88 Å². The van der Waals surface area contributed by atoms with E-state index in [1.807, 2.05) is 68.6 Å². The van der Waals surface area contributed by atoms with Crippen LogP contribution in [0.5, 0.6) is 0 Å². The molecule has 1 atom stereocenters. The molecule has 0 aliphatic rings. The van der Waals surface area contributed by atoms with Crippen molar-refractivity contribution in [3.63, 3.8) is 0 Å². The van der Waals surface area contributed by atoms with Gasteiger partial charge in [0, 0.05) is 44.8 Å². The molecule has 184 valence electrons. The molecule has 0 aliphatic heterocycles. The molecule has 1 aromatic heterocycles. The number of rotatable bonds is 8. The van der Waals surface area contributed by atoms with Gasteiger partial charge in [0.05, 0.1) is 6.21 Å². The monoisotopic (exact) mass is 520 g/mol. The van der Waals surface area contributed by atoms with Gasteiger partial charge in [-0.1, -0.05) is 73.4 Å². The lowest BCUT2D eigenvalue weighted by molar-refractivity contribution is -0.123. The van der Waals surface area contributed by atoms with Gasteiger partial charge in [-0.05, 0) is 47.9 Å². The highest BCUT2D eigenvalue weighted by molar-refractivity contribution is 6.31. The first-order chi connectivity index (χ1) is 17.3. The number of carbonyl (C=O) groups excluding carboxylic acids is 2. The average Bonchev–Trinajstić information content (AvgIpc) is 3.20. The molecule has 0 radical (unpaired) electrons. The van der Waals surface area contributed by atoms with Gasteiger partial charge in [-0.15, -0.1) is 0 Å². The van der Waals surface area contributed by atoms with Crippen LogP contribution in [0.1, 0.15) is 35.3 Å². The minimum atomic E-state index is -0.764. The molecule has 0 aliphatic carbocycles. The number of nitrogens with one attached hydrogen (secondary N) is 2. The van der Waals surface area contributed by atoms with E-state index in [-0.39, 0.29) is 11.8 Å². The lowest BCUT2D eigenvalue weighted by Crippen LogP contribution is -2.48. The van der Waals surface area contributed by atoms with Crippen molar-refractivity contribution in [2.24, 2.45) is 11.0 Å². The van der Waals surface area contributed by atoms with E-state index in [0.29, 0.717) is 22.2 Å². The van der Waals surface area contributed by atoms with Crippen molar-refractivity contribution in [1.29, 1.82) is 0 Å². The fraction of sp³-hybridized carbons (Fsp3) is 0.179. The number of hydrogen-bond donors (Lipinski definition) is 2. The van der Waals surface area contributed by atoms with E-state index in [2.05, 4.69) is 20.4 Å². The number of hydrogen-bond acceptors (Lipinski definition) is 3. The quantitative estimate of drug-likeness (QED) is 0.224. The zero-order valence-corrected chi connectivity index (χ0v) is 21.4. The summed E-state index contributed by atoms with van der Waals surface area (Å²) in [5, 5.41) is 9.13. The number of carbonyl (C=O) groups is 2. The van der Waals surface area contributed by atoms with Crippen molar-refractivity contribution in [2.45, 2.75) is 26.4 Å². The third-order valence-electron chi connectivity index (χ3n) is 5.79. The summed E-state index contributed by atoms with van der Waals surface area (Å²) in [6.45, 7) is 4.38. The van der Waals surface area contributed by atoms with Gasteiger partial charge in [-0.2, -0.15) is 5.10 Å². The van der Waals surface area contributed by atoms with Crippen LogP contribution in [0.25, 0.3) is 10.9 Å². The van der Waals surface area contributed by atoms with Gasteiger partial charge >= 0.3 is 0 Å². The van der Waals surface area contributed by atoms with Crippen LogP contribution in [0.3, 0.4) is 0 Å². The summed E-state index contributed by atoms with van der Waals surface area (Å²) in [4.78, 5) is 25.5. The van der Waals surface area contributed by atoms with Gasteiger partial charge in [0.25, 0.3) is 11.8 Å². The molecule has 2 amide bonds. The minimum Gasteiger partial charge on any atom is -0.342 e. The number of para-hydroxylation sites is 1. The summed E-state index contributed by atoms with van der Waals surface area (Å²) in [5.74, 6) is -0.924. The molecule has 0 saturated heterocycles. The zero-order chi connectivity index (χ0) is 25.7. The molecular formula is C28H26Cl2N4O2. The van der Waals surface area contributed by atoms with Crippen LogP contribution in [-0.4, -0.2) is 28.6 Å². The number of amides is 2. The van der Waals surface area contributed by atoms with Gasteiger partial charge in [-0.3, -0.25) is 9.59 Å². The number of hydrazone groups is 1. The lowest BCUT2D eigenvalue weighted by Gasteiger charge is -2.20. The van der Waals surface area contributed by atoms with Crippen LogP contribution in [0.4, 0.5) is 0 Å². The number of fused-ring (bicyclic) bond motifs is 1. The molecule has 6 nitrogen and oxygen atoms in total. The third kappa shape index (κ3) is 6.14. The smallest absolute Gasteiger partial charge is 0.262 e. The second-order valence-electron chi connectivity index (χ2n) is 8.80. The molecule has 1 unspecified atom stereocenters. The Kier molecular flexibility index (Phi) is 8.08. The largest absolute Gasteiger partial charge is 0.342 e. The van der Waals surface area contributed by atoms with Crippen molar-refractivity contribution in [3.8, 4) is 0 Å². The maximum absolute atomic E-state index is 12.9. The predicted molar refractivity (Wildman–Crippen MR) is 146 cm³/mol. The van der Waals surface area contributed by atoms with E-state index in [1.54, 1.807) is 30.5 Å². The van der Waals surface area contributed by atoms with E-state index in [1.165, 1.54) is 0 Å². The molecule has 36 heavy (non-hydrogen) atoms. The third-order valence-corrected chi connectivity index (χ3v) is 6.27. The van der Waals surface area contributed by atoms with Crippen LogP contribution >= 0.6 is 23.2 Å². The first kappa shape index (κ1) is 25.5. The van der Waals surface area contributed by atoms with Crippen molar-refractivity contribution >= 4 is 52.1 Å². The molecule has 0 saturated carbocycles. The molecule has 2 N–H and O–H groups in total. The van der Waals surface area contributed by atoms with E-state index in [9.17, 15) is 9.59 Å². The van der Waals surface area contributed by atoms with Crippen molar-refractivity contribution in [2.75, 3.05) is 0 Å². The van der Waals surface area contributed by atoms with Gasteiger partial charge in [0.15, 0.2) is 0 Å². The van der Waals surface area contributed by atoms with E-state index in [4.69, 9.17) is 23.2 Å². The van der Waals surface area contributed by atoms with Gasteiger partial charge in [0.2, 0.25) is 0 Å². The average molecular weight is 521 g/mol. The summed E-state index contributed by atoms with van der Waals surface area (Å²) in [6, 6.07) is 21.6. The molecule has 1 heterocycles. The molecule has 0 fully saturated rings. The summed E-state index contributed by atoms with van der Waals surface area (Å²) in [6.07, 6.45) is 3.62. The first-order valence-electron chi connectivity index (χ1n) is 11.5. The molecule has 4 aromatic rings. The number of benzene rings is 3. The Balaban J connectivity index is 1.48. The normalized spacial score (nSPS) is 12.2. The van der Waals surface area contributed by atoms with Crippen molar-refractivity contribution < 1.29 is 9.59 Å². The Bertz CT molecular complexity index is 1410. The Hall–Kier alpha value is -3.61. The number of aromatic nitrogens is 1. The second-order valence-corrected chi connectivity index (χ2v) is 9.67. The number of halogens is 2. The maximum Gasteiger partial charge on any atom is 0.262 e. The highest BCUT2D eigenvalue weighted by Gasteiger charge is 2.24. The lowest BCUT2D eigenvalue weighted by atomic mass is 10.0. The maximum atomic E-state index is 12.9. The SMILES string of the molecule is CC(C)C(NC(=O)c1cccc(Cl)c1)C(=O)NN=Cc1cn(Cc2ccc(Cl)cc2)c2ccccc12. The first-order valence-corrected chi connectivity index (χ1v) is 12.3. The summed E-state index contributed by atoms with van der Waals surface area (Å²) >= 11 is 12.0. The molecule has 8 heteroatoms. The molecular weight excluding hydrogens is 495 g/mol. The van der Waals surface area contributed by atoms with Crippen LogP contribution in [-0.2, 0) is 11.3 Å². The van der Waals surface area contributed by atoms with Crippen molar-refractivity contribution in [1.82, 2.24) is 15.3 Å². The van der Waals surface area contributed by atoms with Crippen LogP contribution < -0.4 is 10.7 Å². The molecule has 0 bridgehead atoms. The molecule has 0 spiro atoms. The van der Waals surface area contributed by atoms with Crippen molar-refractivity contribution in [3.05, 3.63) is 106 Å². The van der Waals surface area contributed by atoms with E-state index in [0.717, 1.165) is 22.0 Å². The fourth-order valence-corrected chi connectivity index (χ4v) is 4.24. The van der Waals surface area contributed by atoms with Gasteiger partial charge in [-0.25, -0.2) is 5.43 Å². The molecule has 3 aromatic carbocycles. The molecule has 4 rings (SSSR count). The standard InChI is InChI=1S/C28H26Cl2N4O2/c1-18(2)26(32-27(35)20-6-5-7-23(30)14-20)28(36)33-31-15-21-17-34(25-9-4-3-8-24(21)25)16-19-10-12-22(29)13-11-19/h3-15,17-18,26H,16H2,1-2H3,(H,32,35)(H,33,36). The van der Waals surface area contributed by atoms with Gasteiger partial charge in [0.1, 0.15) is 6.04 Å². The van der Waals surface area contributed by atoms with Crippen LogP contribution in [0, 0.1) is 5.92 Å². The summed E-state index contributed by atoms with van der Waals surface area (Å²) in [5.41, 5.74) is 6.00. The summed E-state index contributed by atoms with van der Waals surface area (Å²) in [7, 11) is 0. The summed E-state index contributed by atoms with van der Waals surface area (Å²) < 4.78 is 2.13. The highest BCUT2D eigenvalue weighted by Crippen LogP contribution is 2.22. The number of nitrogens with zero attached hydrogens (tertiary/aromatic N) is 2. The fourth-order valence-electron chi connectivity index (χ4n) is 3.92. The predicted octanol–water partition coefficient (Wildman–Crippen LogP) is 5.90. The van der Waals surface area contributed by atoms with E-state index < -0.39 is 11.9 Å².